The Hall–Kier alpha value is -3.74. The summed E-state index contributed by atoms with van der Waals surface area (Å²) in [5.74, 6) is -0.747. The van der Waals surface area contributed by atoms with Crippen LogP contribution in [0.5, 0.6) is 0 Å². The van der Waals surface area contributed by atoms with E-state index in [4.69, 9.17) is 0 Å². The van der Waals surface area contributed by atoms with Crippen LogP contribution in [0.25, 0.3) is 11.1 Å². The maximum absolute atomic E-state index is 14.0. The van der Waals surface area contributed by atoms with Gasteiger partial charge in [0.2, 0.25) is 5.91 Å². The van der Waals surface area contributed by atoms with Crippen LogP contribution in [-0.4, -0.2) is 48.4 Å². The van der Waals surface area contributed by atoms with Crippen LogP contribution in [0.1, 0.15) is 47.9 Å². The molecule has 1 spiro atoms. The second-order valence-corrected chi connectivity index (χ2v) is 11.8. The van der Waals surface area contributed by atoms with Gasteiger partial charge in [-0.05, 0) is 90.6 Å². The Morgan fingerprint density at radius 1 is 1.00 bits per heavy atom. The minimum atomic E-state index is -4.72. The zero-order valence-electron chi connectivity index (χ0n) is 23.2. The molecule has 0 atom stereocenters. The summed E-state index contributed by atoms with van der Waals surface area (Å²) < 4.78 is 53.6. The van der Waals surface area contributed by atoms with Crippen molar-refractivity contribution in [2.45, 2.75) is 43.8 Å². The molecule has 1 saturated heterocycles. The van der Waals surface area contributed by atoms with Crippen LogP contribution >= 0.6 is 0 Å². The average molecular weight is 577 g/mol. The number of fused-ring (bicyclic) bond motifs is 2. The number of alkyl halides is 3. The highest BCUT2D eigenvalue weighted by atomic mass is 19.4. The molecule has 1 aliphatic carbocycles. The Labute approximate surface area is 242 Å². The molecule has 1 N–H and O–H groups in total. The number of anilines is 1. The third kappa shape index (κ3) is 5.92. The fraction of sp³-hybridized carbons (Fsp3) is 0.394. The second-order valence-electron chi connectivity index (χ2n) is 11.8. The van der Waals surface area contributed by atoms with E-state index in [1.807, 2.05) is 18.2 Å². The van der Waals surface area contributed by atoms with Gasteiger partial charge >= 0.3 is 6.18 Å². The first-order chi connectivity index (χ1) is 20.1. The maximum atomic E-state index is 14.0. The number of rotatable bonds is 6. The van der Waals surface area contributed by atoms with Crippen LogP contribution in [-0.2, 0) is 22.9 Å². The molecule has 2 aliphatic heterocycles. The van der Waals surface area contributed by atoms with Gasteiger partial charge in [-0.15, -0.1) is 0 Å². The summed E-state index contributed by atoms with van der Waals surface area (Å²) in [6.07, 6.45) is 0.222. The van der Waals surface area contributed by atoms with Gasteiger partial charge in [-0.25, -0.2) is 4.39 Å². The number of halogens is 4. The van der Waals surface area contributed by atoms with E-state index in [2.05, 4.69) is 39.4 Å². The lowest BCUT2D eigenvalue weighted by Crippen LogP contribution is -2.58. The van der Waals surface area contributed by atoms with E-state index >= 15 is 0 Å². The van der Waals surface area contributed by atoms with Gasteiger partial charge in [0.15, 0.2) is 0 Å². The van der Waals surface area contributed by atoms with Crippen molar-refractivity contribution in [2.24, 2.45) is 5.92 Å². The molecular formula is C33H32F4N4O. The summed E-state index contributed by atoms with van der Waals surface area (Å²) in [5.41, 5.74) is 3.26. The van der Waals surface area contributed by atoms with E-state index in [1.54, 1.807) is 6.07 Å². The van der Waals surface area contributed by atoms with Gasteiger partial charge in [0.1, 0.15) is 5.82 Å². The number of carbonyl (C=O) groups excluding carboxylic acids is 1. The zero-order chi connectivity index (χ0) is 29.5. The van der Waals surface area contributed by atoms with E-state index in [-0.39, 0.29) is 12.2 Å². The van der Waals surface area contributed by atoms with Crippen molar-refractivity contribution < 1.29 is 22.4 Å². The highest BCUT2D eigenvalue weighted by Gasteiger charge is 2.45. The molecule has 42 heavy (non-hydrogen) atoms. The van der Waals surface area contributed by atoms with Crippen LogP contribution in [0, 0.1) is 23.1 Å². The Kier molecular flexibility index (Phi) is 7.54. The minimum Gasteiger partial charge on any atom is -0.325 e. The van der Waals surface area contributed by atoms with E-state index in [0.29, 0.717) is 24.6 Å². The third-order valence-electron chi connectivity index (χ3n) is 8.93. The molecule has 2 heterocycles. The van der Waals surface area contributed by atoms with E-state index < -0.39 is 29.0 Å². The summed E-state index contributed by atoms with van der Waals surface area (Å²) in [6.45, 7) is 3.50. The molecule has 0 bridgehead atoms. The number of hydrogen-bond acceptors (Lipinski definition) is 4. The number of hydrogen-bond donors (Lipinski definition) is 1. The van der Waals surface area contributed by atoms with Gasteiger partial charge in [0.25, 0.3) is 0 Å². The second kappa shape index (κ2) is 11.2. The predicted octanol–water partition coefficient (Wildman–Crippen LogP) is 6.58. The van der Waals surface area contributed by atoms with Gasteiger partial charge < -0.3 is 10.2 Å². The average Bonchev–Trinajstić information content (AvgIpc) is 3.79. The maximum Gasteiger partial charge on any atom is 0.416 e. The Bertz CT molecular complexity index is 1530. The topological polar surface area (TPSA) is 59.4 Å². The molecule has 2 fully saturated rings. The predicted molar refractivity (Wildman–Crippen MR) is 152 cm³/mol. The van der Waals surface area contributed by atoms with Crippen LogP contribution < -0.4 is 5.32 Å². The van der Waals surface area contributed by atoms with Crippen LogP contribution in [0.15, 0.2) is 60.7 Å². The van der Waals surface area contributed by atoms with E-state index in [0.717, 1.165) is 61.7 Å². The molecule has 1 amide bonds. The molecule has 1 saturated carbocycles. The van der Waals surface area contributed by atoms with Crippen molar-refractivity contribution in [1.82, 2.24) is 9.80 Å². The molecule has 3 aromatic carbocycles. The number of nitrogens with zero attached hydrogens (tertiary/aromatic N) is 3. The fourth-order valence-corrected chi connectivity index (χ4v) is 6.63. The molecule has 3 aliphatic rings. The van der Waals surface area contributed by atoms with Crippen molar-refractivity contribution in [3.63, 3.8) is 0 Å². The number of amides is 1. The molecule has 3 aromatic rings. The molecule has 9 heteroatoms. The SMILES string of the molecule is N#Cc1cccc(-c2ccc3c(c2)CCN(CC(=O)Nc2cc(F)cc(C(F)(F)F)c2)C32CCN(CC3CC3)CC2)c1. The van der Waals surface area contributed by atoms with Crippen molar-refractivity contribution in [1.29, 1.82) is 5.26 Å². The summed E-state index contributed by atoms with van der Waals surface area (Å²) in [6, 6.07) is 18.2. The zero-order valence-corrected chi connectivity index (χ0v) is 23.2. The number of piperidine rings is 1. The normalized spacial score (nSPS) is 18.8. The van der Waals surface area contributed by atoms with Gasteiger partial charge in [-0.2, -0.15) is 18.4 Å². The summed E-state index contributed by atoms with van der Waals surface area (Å²) in [4.78, 5) is 17.9. The van der Waals surface area contributed by atoms with Crippen LogP contribution in [0.4, 0.5) is 23.2 Å². The summed E-state index contributed by atoms with van der Waals surface area (Å²) >= 11 is 0. The Balaban J connectivity index is 1.27. The first-order valence-electron chi connectivity index (χ1n) is 14.4. The fourth-order valence-electron chi connectivity index (χ4n) is 6.63. The largest absolute Gasteiger partial charge is 0.416 e. The number of likely N-dealkylation sites (tertiary alicyclic amines) is 1. The van der Waals surface area contributed by atoms with Gasteiger partial charge in [0.05, 0.1) is 23.7 Å². The quantitative estimate of drug-likeness (QED) is 0.337. The number of nitriles is 1. The van der Waals surface area contributed by atoms with Crippen molar-refractivity contribution in [3.8, 4) is 17.2 Å². The molecule has 6 rings (SSSR count). The third-order valence-corrected chi connectivity index (χ3v) is 8.93. The molecule has 0 unspecified atom stereocenters. The molecule has 5 nitrogen and oxygen atoms in total. The number of carbonyl (C=O) groups is 1. The number of benzene rings is 3. The molecule has 0 aromatic heterocycles. The standard InChI is InChI=1S/C33H32F4N4O/c34-28-16-27(33(35,36)37)17-29(18-28)39-31(42)21-41-11-8-26-15-25(24-3-1-2-23(14-24)19-38)6-7-30(26)32(41)9-12-40(13-10-32)20-22-4-5-22/h1-3,6-7,14-18,22H,4-5,8-13,20-21H2,(H,39,42). The van der Waals surface area contributed by atoms with Gasteiger partial charge in [-0.3, -0.25) is 9.69 Å². The van der Waals surface area contributed by atoms with Crippen LogP contribution in [0.2, 0.25) is 0 Å². The molecular weight excluding hydrogens is 544 g/mol. The summed E-state index contributed by atoms with van der Waals surface area (Å²) in [7, 11) is 0. The van der Waals surface area contributed by atoms with Crippen molar-refractivity contribution in [2.75, 3.05) is 38.0 Å². The minimum absolute atomic E-state index is 0.00804. The first-order valence-corrected chi connectivity index (χ1v) is 14.4. The highest BCUT2D eigenvalue weighted by Crippen LogP contribution is 2.45. The molecule has 218 valence electrons. The number of nitrogens with one attached hydrogen (secondary N) is 1. The summed E-state index contributed by atoms with van der Waals surface area (Å²) in [5, 5.41) is 11.9. The highest BCUT2D eigenvalue weighted by molar-refractivity contribution is 5.92. The monoisotopic (exact) mass is 576 g/mol. The van der Waals surface area contributed by atoms with E-state index in [9.17, 15) is 27.6 Å². The lowest BCUT2D eigenvalue weighted by atomic mass is 9.73. The van der Waals surface area contributed by atoms with Gasteiger partial charge in [-0.1, -0.05) is 30.3 Å². The molecule has 0 radical (unpaired) electrons. The lowest BCUT2D eigenvalue weighted by molar-refractivity contribution is -0.137. The Morgan fingerprint density at radius 3 is 2.48 bits per heavy atom. The van der Waals surface area contributed by atoms with E-state index in [1.165, 1.54) is 24.0 Å². The van der Waals surface area contributed by atoms with Gasteiger partial charge in [0, 0.05) is 37.4 Å². The Morgan fingerprint density at radius 2 is 1.76 bits per heavy atom. The smallest absolute Gasteiger partial charge is 0.325 e. The first kappa shape index (κ1) is 28.4. The van der Waals surface area contributed by atoms with Crippen molar-refractivity contribution in [3.05, 3.63) is 88.7 Å². The van der Waals surface area contributed by atoms with Crippen molar-refractivity contribution >= 4 is 11.6 Å². The lowest BCUT2D eigenvalue weighted by Gasteiger charge is -2.52. The van der Waals surface area contributed by atoms with Crippen LogP contribution in [0.3, 0.4) is 0 Å².